The van der Waals surface area contributed by atoms with E-state index in [0.717, 1.165) is 109 Å². The van der Waals surface area contributed by atoms with Gasteiger partial charge in [-0.15, -0.1) is 0 Å². The van der Waals surface area contributed by atoms with Crippen molar-refractivity contribution in [1.29, 1.82) is 0 Å². The van der Waals surface area contributed by atoms with Crippen molar-refractivity contribution < 1.29 is 39.2 Å². The van der Waals surface area contributed by atoms with Gasteiger partial charge in [0.05, 0.1) is 46.3 Å². The first kappa shape index (κ1) is 54.5. The largest absolute Gasteiger partial charge is 0.392 e. The van der Waals surface area contributed by atoms with E-state index in [4.69, 9.17) is 9.47 Å². The standard InChI is InChI=1S/C70H92N4O8/c1-63(2)62(82-63)51(77)32-64(3)19-15-40-34-73-57-46(48(37-75)41-29-45-42-12-10-9-11-38(42)13-14-43(45)49(30-41)70(80)23-27-81-28-24-70)35-74(58(40)57)36-47-53-55(64)50(76)33-67(53,6)66(5)20-17-52-65(4,22-26-71-8)61(79)54-44-18-25-72-56(44)39-16-21-69(54,31-39)68(52,7)60(66)59(47)78/h18,25,29-30,34-35,37-39,42,47-48,51-52,54,59-60,62,71-73,77-78,80H,9-17,19-24,26-28,31-33,36H2,1-8H3/t38-,39-,42-,47+,48+,51+,52-,54+,59+,60-,62+,64-,65-,66-,67-,68+,69-/m0/s1. The molecule has 2 saturated heterocycles. The minimum absolute atomic E-state index is 0.00993. The molecule has 0 amide bonds. The number of carbonyl (C=O) groups excluding carboxylic acids is 3. The third kappa shape index (κ3) is 7.03. The molecule has 15 rings (SSSR count). The smallest absolute Gasteiger partial charge is 0.160 e. The number of benzene rings is 1. The molecule has 4 aromatic rings. The fraction of sp³-hybridized carbons (Fsp3) is 0.700. The van der Waals surface area contributed by atoms with Crippen LogP contribution in [0.15, 0.2) is 47.9 Å². The number of aldehydes is 1. The number of H-pyrrole nitrogens is 2. The highest BCUT2D eigenvalue weighted by Crippen LogP contribution is 2.84. The van der Waals surface area contributed by atoms with Crippen molar-refractivity contribution in [3.63, 3.8) is 0 Å². The zero-order chi connectivity index (χ0) is 57.1. The molecule has 3 aromatic heterocycles. The second kappa shape index (κ2) is 18.2. The van der Waals surface area contributed by atoms with E-state index >= 15 is 9.59 Å². The molecule has 3 aliphatic heterocycles. The number of fused-ring (bicyclic) bond motifs is 11. The van der Waals surface area contributed by atoms with Crippen LogP contribution in [0.5, 0.6) is 0 Å². The summed E-state index contributed by atoms with van der Waals surface area (Å²) in [7, 11) is 1.99. The summed E-state index contributed by atoms with van der Waals surface area (Å²) in [5.41, 5.74) is 7.75. The molecule has 2 bridgehead atoms. The van der Waals surface area contributed by atoms with Crippen molar-refractivity contribution in [2.24, 2.45) is 56.2 Å². The van der Waals surface area contributed by atoms with Crippen LogP contribution in [0.2, 0.25) is 0 Å². The van der Waals surface area contributed by atoms with Crippen LogP contribution in [0, 0.1) is 56.2 Å². The van der Waals surface area contributed by atoms with Crippen LogP contribution in [0.4, 0.5) is 0 Å². The highest BCUT2D eigenvalue weighted by atomic mass is 16.6. The van der Waals surface area contributed by atoms with Gasteiger partial charge in [0.2, 0.25) is 0 Å². The number of rotatable bonds is 10. The molecule has 82 heavy (non-hydrogen) atoms. The lowest BCUT2D eigenvalue weighted by Gasteiger charge is -2.76. The van der Waals surface area contributed by atoms with Crippen LogP contribution < -0.4 is 5.32 Å². The van der Waals surface area contributed by atoms with Crippen molar-refractivity contribution in [3.05, 3.63) is 92.6 Å². The van der Waals surface area contributed by atoms with E-state index in [1.807, 2.05) is 20.9 Å². The third-order valence-corrected chi connectivity index (χ3v) is 27.1. The summed E-state index contributed by atoms with van der Waals surface area (Å²) in [6.07, 6.45) is 20.5. The molecule has 17 atom stereocenters. The monoisotopic (exact) mass is 1120 g/mol. The van der Waals surface area contributed by atoms with Gasteiger partial charge in [0.15, 0.2) is 5.78 Å². The molecule has 0 radical (unpaired) electrons. The first-order valence-corrected chi connectivity index (χ1v) is 32.4. The van der Waals surface area contributed by atoms with Crippen LogP contribution in [0.3, 0.4) is 0 Å². The minimum Gasteiger partial charge on any atom is -0.392 e. The number of aryl methyl sites for hydroxylation is 1. The number of ketones is 2. The van der Waals surface area contributed by atoms with Crippen molar-refractivity contribution in [3.8, 4) is 0 Å². The second-order valence-corrected chi connectivity index (χ2v) is 30.9. The van der Waals surface area contributed by atoms with E-state index in [1.165, 1.54) is 41.6 Å². The van der Waals surface area contributed by atoms with Gasteiger partial charge in [0, 0.05) is 91.2 Å². The molecule has 5 saturated carbocycles. The molecule has 1 aromatic carbocycles. The van der Waals surface area contributed by atoms with E-state index < -0.39 is 67.7 Å². The number of nitrogens with one attached hydrogen (secondary N) is 3. The van der Waals surface area contributed by atoms with Gasteiger partial charge in [0.25, 0.3) is 0 Å². The zero-order valence-electron chi connectivity index (χ0n) is 50.3. The molecular formula is C70H92N4O8. The average molecular weight is 1120 g/mol. The molecule has 12 nitrogen and oxygen atoms in total. The SMILES string of the molecule is CNCC[C@]1(C)C(=O)[C@H]2c3cc[nH]c3[C@H]3CC[C@@]2(C3)[C@@]2(C)[C@H]3[C@H](O)[C@@H]4Cn5cc([C@H](C=O)c6cc7c(c(C8(O)CCOCC8)c6)CC[C@@H]6CCCC[C@H]76)c6[nH]cc(c65)CC[C@@](C)(C[C@@H](O)[C@H]5OC5(C)C)C5=C4[C@](C)(CC5=O)[C@@]3(C)CC[C@H]21. The van der Waals surface area contributed by atoms with E-state index in [9.17, 15) is 20.1 Å². The van der Waals surface area contributed by atoms with Gasteiger partial charge in [0.1, 0.15) is 18.2 Å². The summed E-state index contributed by atoms with van der Waals surface area (Å²) in [4.78, 5) is 53.8. The predicted octanol–water partition coefficient (Wildman–Crippen LogP) is 11.3. The molecule has 1 spiro atoms. The lowest BCUT2D eigenvalue weighted by molar-refractivity contribution is -0.267. The second-order valence-electron chi connectivity index (χ2n) is 30.9. The van der Waals surface area contributed by atoms with Gasteiger partial charge in [-0.1, -0.05) is 59.6 Å². The van der Waals surface area contributed by atoms with Crippen molar-refractivity contribution >= 4 is 28.9 Å². The average Bonchev–Trinajstić information content (AvgIpc) is 1.22. The first-order valence-electron chi connectivity index (χ1n) is 32.4. The van der Waals surface area contributed by atoms with Gasteiger partial charge >= 0.3 is 0 Å². The molecule has 0 unspecified atom stereocenters. The number of hydrogen-bond donors (Lipinski definition) is 6. The van der Waals surface area contributed by atoms with Gasteiger partial charge < -0.3 is 49.4 Å². The number of allylic oxidation sites excluding steroid dienone is 1. The number of aliphatic hydroxyl groups is 3. The summed E-state index contributed by atoms with van der Waals surface area (Å²) in [6, 6.07) is 6.75. The maximum atomic E-state index is 16.0. The number of carbonyl (C=O) groups is 3. The predicted molar refractivity (Wildman–Crippen MR) is 315 cm³/mol. The summed E-state index contributed by atoms with van der Waals surface area (Å²) < 4.78 is 14.4. The topological polar surface area (TPSA) is 182 Å². The Hall–Kier alpha value is -4.17. The highest BCUT2D eigenvalue weighted by molar-refractivity contribution is 6.02. The number of ether oxygens (including phenoxy) is 2. The summed E-state index contributed by atoms with van der Waals surface area (Å²) in [5.74, 6) is 0.144. The van der Waals surface area contributed by atoms with Gasteiger partial charge in [-0.25, -0.2) is 0 Å². The molecular weight excluding hydrogens is 1020 g/mol. The number of aromatic amines is 2. The van der Waals surface area contributed by atoms with Crippen molar-refractivity contribution in [2.45, 2.75) is 224 Å². The number of hydrogen-bond acceptors (Lipinski definition) is 9. The number of epoxide rings is 1. The van der Waals surface area contributed by atoms with E-state index in [1.54, 1.807) is 0 Å². The van der Waals surface area contributed by atoms with Crippen molar-refractivity contribution in [1.82, 2.24) is 19.9 Å². The molecule has 11 aliphatic rings. The molecule has 6 N–H and O–H groups in total. The molecule has 8 aliphatic carbocycles. The molecule has 440 valence electrons. The van der Waals surface area contributed by atoms with E-state index in [2.05, 4.69) is 91.3 Å². The maximum absolute atomic E-state index is 16.0. The van der Waals surface area contributed by atoms with E-state index in [0.29, 0.717) is 88.2 Å². The summed E-state index contributed by atoms with van der Waals surface area (Å²) in [5, 5.41) is 43.1. The Bertz CT molecular complexity index is 3360. The maximum Gasteiger partial charge on any atom is 0.160 e. The molecule has 12 heteroatoms. The van der Waals surface area contributed by atoms with Crippen LogP contribution in [-0.2, 0) is 48.8 Å². The summed E-state index contributed by atoms with van der Waals surface area (Å²) in [6.45, 7) is 18.1. The normalized spacial score (nSPS) is 41.8. The summed E-state index contributed by atoms with van der Waals surface area (Å²) >= 11 is 0. The number of aliphatic hydroxyl groups excluding tert-OH is 2. The number of Topliss-reactive ketones (excluding diaryl/α,β-unsaturated/α-hetero) is 2. The Morgan fingerprint density at radius 2 is 1.70 bits per heavy atom. The Morgan fingerprint density at radius 3 is 2.45 bits per heavy atom. The lowest BCUT2D eigenvalue weighted by Crippen LogP contribution is -2.74. The van der Waals surface area contributed by atoms with E-state index in [-0.39, 0.29) is 29.6 Å². The Balaban J connectivity index is 0.927. The van der Waals surface area contributed by atoms with Gasteiger partial charge in [-0.3, -0.25) is 9.59 Å². The molecule has 7 fully saturated rings. The fourth-order valence-electron chi connectivity index (χ4n) is 23.1. The first-order chi connectivity index (χ1) is 39.1. The number of nitrogens with zero attached hydrogens (tertiary/aromatic N) is 1. The van der Waals surface area contributed by atoms with Crippen molar-refractivity contribution in [2.75, 3.05) is 26.8 Å². The van der Waals surface area contributed by atoms with Gasteiger partial charge in [-0.2, -0.15) is 0 Å². The van der Waals surface area contributed by atoms with Crippen LogP contribution >= 0.6 is 0 Å². The lowest BCUT2D eigenvalue weighted by atomic mass is 9.28. The fourth-order valence-corrected chi connectivity index (χ4v) is 23.1. The molecule has 6 heterocycles. The zero-order valence-corrected chi connectivity index (χ0v) is 50.3. The van der Waals surface area contributed by atoms with Crippen LogP contribution in [-0.4, -0.2) is 98.4 Å². The van der Waals surface area contributed by atoms with Crippen LogP contribution in [0.1, 0.15) is 220 Å². The Labute approximate surface area is 485 Å². The van der Waals surface area contributed by atoms with Gasteiger partial charge in [-0.05, 0) is 207 Å². The Morgan fingerprint density at radius 1 is 0.915 bits per heavy atom. The Kier molecular flexibility index (Phi) is 12.1. The number of aromatic nitrogens is 3. The quantitative estimate of drug-likeness (QED) is 0.0665. The van der Waals surface area contributed by atoms with Crippen LogP contribution in [0.25, 0.3) is 11.0 Å². The minimum atomic E-state index is -1.04. The highest BCUT2D eigenvalue weighted by Gasteiger charge is 2.80. The third-order valence-electron chi connectivity index (χ3n) is 27.1.